The predicted octanol–water partition coefficient (Wildman–Crippen LogP) is 4.73. The first kappa shape index (κ1) is 13.4. The summed E-state index contributed by atoms with van der Waals surface area (Å²) >= 11 is 1.95. The lowest BCUT2D eigenvalue weighted by Crippen LogP contribution is -2.15. The summed E-state index contributed by atoms with van der Waals surface area (Å²) < 4.78 is 5.48. The maximum absolute atomic E-state index is 5.48. The Hall–Kier alpha value is -1.61. The van der Waals surface area contributed by atoms with Crippen LogP contribution in [0.25, 0.3) is 0 Å². The van der Waals surface area contributed by atoms with Crippen LogP contribution < -0.4 is 10.1 Å². The molecule has 0 spiro atoms. The molecule has 1 aliphatic rings. The molecule has 1 unspecified atom stereocenters. The van der Waals surface area contributed by atoms with Crippen molar-refractivity contribution in [3.63, 3.8) is 0 Å². The maximum atomic E-state index is 5.48. The van der Waals surface area contributed by atoms with Gasteiger partial charge in [-0.25, -0.2) is 0 Å². The van der Waals surface area contributed by atoms with Gasteiger partial charge in [0.15, 0.2) is 0 Å². The Labute approximate surface area is 124 Å². The molecule has 2 aromatic carbocycles. The lowest BCUT2D eigenvalue weighted by molar-refractivity contribution is 0.340. The summed E-state index contributed by atoms with van der Waals surface area (Å²) in [5.74, 6) is 2.10. The smallest absolute Gasteiger partial charge is 0.119 e. The fraction of sp³-hybridized carbons (Fsp3) is 0.294. The van der Waals surface area contributed by atoms with Crippen LogP contribution in [-0.4, -0.2) is 12.4 Å². The summed E-state index contributed by atoms with van der Waals surface area (Å²) in [6, 6.07) is 17.3. The largest absolute Gasteiger partial charge is 0.494 e. The average Bonchev–Trinajstić information content (AvgIpc) is 2.50. The van der Waals surface area contributed by atoms with Crippen molar-refractivity contribution in [2.45, 2.75) is 24.3 Å². The second-order valence-electron chi connectivity index (χ2n) is 4.83. The summed E-state index contributed by atoms with van der Waals surface area (Å²) in [5, 5.41) is 3.64. The SMILES string of the molecule is CCOc1ccc(NC2CCSc3ccccc32)cc1. The summed E-state index contributed by atoms with van der Waals surface area (Å²) in [4.78, 5) is 1.40. The molecule has 0 bridgehead atoms. The van der Waals surface area contributed by atoms with Crippen molar-refractivity contribution in [1.82, 2.24) is 0 Å². The first-order chi connectivity index (χ1) is 9.86. The lowest BCUT2D eigenvalue weighted by atomic mass is 10.0. The summed E-state index contributed by atoms with van der Waals surface area (Å²) in [6.45, 7) is 2.71. The first-order valence-electron chi connectivity index (χ1n) is 7.08. The van der Waals surface area contributed by atoms with Crippen LogP contribution in [0.5, 0.6) is 5.75 Å². The standard InChI is InChI=1S/C17H19NOS/c1-2-19-14-9-7-13(8-10-14)18-16-11-12-20-17-6-4-3-5-15(16)17/h3-10,16,18H,2,11-12H2,1H3. The molecule has 2 nitrogen and oxygen atoms in total. The van der Waals surface area contributed by atoms with E-state index in [1.54, 1.807) is 0 Å². The molecule has 1 N–H and O–H groups in total. The van der Waals surface area contributed by atoms with E-state index >= 15 is 0 Å². The number of hydrogen-bond acceptors (Lipinski definition) is 3. The molecule has 1 atom stereocenters. The number of benzene rings is 2. The van der Waals surface area contributed by atoms with Crippen molar-refractivity contribution in [2.24, 2.45) is 0 Å². The fourth-order valence-electron chi connectivity index (χ4n) is 2.51. The summed E-state index contributed by atoms with van der Waals surface area (Å²) in [7, 11) is 0. The van der Waals surface area contributed by atoms with E-state index in [4.69, 9.17) is 4.74 Å². The minimum absolute atomic E-state index is 0.408. The van der Waals surface area contributed by atoms with Crippen molar-refractivity contribution in [3.8, 4) is 5.75 Å². The van der Waals surface area contributed by atoms with Crippen LogP contribution in [0.2, 0.25) is 0 Å². The molecule has 0 radical (unpaired) electrons. The molecular weight excluding hydrogens is 266 g/mol. The highest BCUT2D eigenvalue weighted by molar-refractivity contribution is 7.99. The third-order valence-corrected chi connectivity index (χ3v) is 4.59. The number of thioether (sulfide) groups is 1. The van der Waals surface area contributed by atoms with E-state index in [-0.39, 0.29) is 0 Å². The highest BCUT2D eigenvalue weighted by Gasteiger charge is 2.19. The van der Waals surface area contributed by atoms with Crippen LogP contribution in [0.1, 0.15) is 24.9 Å². The van der Waals surface area contributed by atoms with Crippen LogP contribution in [0, 0.1) is 0 Å². The van der Waals surface area contributed by atoms with E-state index in [0.717, 1.165) is 17.9 Å². The molecule has 20 heavy (non-hydrogen) atoms. The van der Waals surface area contributed by atoms with Gasteiger partial charge < -0.3 is 10.1 Å². The predicted molar refractivity (Wildman–Crippen MR) is 85.8 cm³/mol. The van der Waals surface area contributed by atoms with Crippen LogP contribution in [0.4, 0.5) is 5.69 Å². The van der Waals surface area contributed by atoms with E-state index in [0.29, 0.717) is 12.6 Å². The van der Waals surface area contributed by atoms with Crippen LogP contribution in [0.15, 0.2) is 53.4 Å². The van der Waals surface area contributed by atoms with Gasteiger partial charge in [-0.05, 0) is 49.2 Å². The fourth-order valence-corrected chi connectivity index (χ4v) is 3.63. The molecule has 1 heterocycles. The summed E-state index contributed by atoms with van der Waals surface area (Å²) in [5.41, 5.74) is 2.57. The topological polar surface area (TPSA) is 21.3 Å². The molecule has 0 amide bonds. The molecule has 104 valence electrons. The number of anilines is 1. The van der Waals surface area contributed by atoms with Crippen molar-refractivity contribution >= 4 is 17.4 Å². The normalized spacial score (nSPS) is 17.4. The molecule has 1 aliphatic heterocycles. The zero-order chi connectivity index (χ0) is 13.8. The Balaban J connectivity index is 1.75. The maximum Gasteiger partial charge on any atom is 0.119 e. The van der Waals surface area contributed by atoms with Crippen LogP contribution >= 0.6 is 11.8 Å². The van der Waals surface area contributed by atoms with Gasteiger partial charge >= 0.3 is 0 Å². The molecule has 0 aliphatic carbocycles. The van der Waals surface area contributed by atoms with Gasteiger partial charge in [0, 0.05) is 16.3 Å². The van der Waals surface area contributed by atoms with Crippen molar-refractivity contribution in [3.05, 3.63) is 54.1 Å². The van der Waals surface area contributed by atoms with Crippen LogP contribution in [-0.2, 0) is 0 Å². The average molecular weight is 285 g/mol. The molecule has 2 aromatic rings. The molecule has 0 fully saturated rings. The Bertz CT molecular complexity index is 567. The zero-order valence-electron chi connectivity index (χ0n) is 11.6. The van der Waals surface area contributed by atoms with Gasteiger partial charge in [0.2, 0.25) is 0 Å². The minimum Gasteiger partial charge on any atom is -0.494 e. The second-order valence-corrected chi connectivity index (χ2v) is 5.97. The van der Waals surface area contributed by atoms with Gasteiger partial charge in [0.05, 0.1) is 12.6 Å². The number of rotatable bonds is 4. The Morgan fingerprint density at radius 3 is 2.75 bits per heavy atom. The number of ether oxygens (including phenoxy) is 1. The quantitative estimate of drug-likeness (QED) is 0.877. The van der Waals surface area contributed by atoms with Gasteiger partial charge in [0.1, 0.15) is 5.75 Å². The van der Waals surface area contributed by atoms with Gasteiger partial charge in [-0.3, -0.25) is 0 Å². The molecule has 0 saturated carbocycles. The molecule has 0 saturated heterocycles. The zero-order valence-corrected chi connectivity index (χ0v) is 12.5. The molecule has 3 rings (SSSR count). The van der Waals surface area contributed by atoms with Gasteiger partial charge in [-0.15, -0.1) is 11.8 Å². The van der Waals surface area contributed by atoms with Crippen LogP contribution in [0.3, 0.4) is 0 Å². The van der Waals surface area contributed by atoms with E-state index in [2.05, 4.69) is 41.7 Å². The molecule has 0 aromatic heterocycles. The third-order valence-electron chi connectivity index (χ3n) is 3.46. The van der Waals surface area contributed by atoms with E-state index in [1.165, 1.54) is 16.2 Å². The highest BCUT2D eigenvalue weighted by Crippen LogP contribution is 2.37. The Kier molecular flexibility index (Phi) is 4.16. The monoisotopic (exact) mass is 285 g/mol. The number of fused-ring (bicyclic) bond motifs is 1. The van der Waals surface area contributed by atoms with Gasteiger partial charge in [-0.1, -0.05) is 18.2 Å². The van der Waals surface area contributed by atoms with Crippen molar-refractivity contribution in [1.29, 1.82) is 0 Å². The number of nitrogens with one attached hydrogen (secondary N) is 1. The Morgan fingerprint density at radius 1 is 1.15 bits per heavy atom. The summed E-state index contributed by atoms with van der Waals surface area (Å²) in [6.07, 6.45) is 1.16. The number of hydrogen-bond donors (Lipinski definition) is 1. The van der Waals surface area contributed by atoms with Gasteiger partial charge in [0.25, 0.3) is 0 Å². The molecule has 3 heteroatoms. The highest BCUT2D eigenvalue weighted by atomic mass is 32.2. The van der Waals surface area contributed by atoms with E-state index in [9.17, 15) is 0 Å². The van der Waals surface area contributed by atoms with E-state index < -0.39 is 0 Å². The molecular formula is C17H19NOS. The van der Waals surface area contributed by atoms with Gasteiger partial charge in [-0.2, -0.15) is 0 Å². The second kappa shape index (κ2) is 6.23. The minimum atomic E-state index is 0.408. The Morgan fingerprint density at radius 2 is 1.95 bits per heavy atom. The third kappa shape index (κ3) is 2.93. The lowest BCUT2D eigenvalue weighted by Gasteiger charge is -2.26. The van der Waals surface area contributed by atoms with Crippen molar-refractivity contribution in [2.75, 3.05) is 17.7 Å². The van der Waals surface area contributed by atoms with Crippen molar-refractivity contribution < 1.29 is 4.74 Å². The first-order valence-corrected chi connectivity index (χ1v) is 8.06. The van der Waals surface area contributed by atoms with E-state index in [1.807, 2.05) is 30.8 Å².